The summed E-state index contributed by atoms with van der Waals surface area (Å²) in [6, 6.07) is 13.1. The first-order valence-corrected chi connectivity index (χ1v) is 7.05. The van der Waals surface area contributed by atoms with Crippen molar-refractivity contribution in [1.29, 1.82) is 0 Å². The van der Waals surface area contributed by atoms with Crippen LogP contribution in [0.25, 0.3) is 0 Å². The fourth-order valence-electron chi connectivity index (χ4n) is 2.29. The highest BCUT2D eigenvalue weighted by molar-refractivity contribution is 5.54. The lowest BCUT2D eigenvalue weighted by Crippen LogP contribution is -2.08. The Morgan fingerprint density at radius 3 is 2.05 bits per heavy atom. The summed E-state index contributed by atoms with van der Waals surface area (Å²) >= 11 is 0. The minimum Gasteiger partial charge on any atom is -0.381 e. The molecule has 0 unspecified atom stereocenters. The van der Waals surface area contributed by atoms with Crippen LogP contribution in [-0.2, 0) is 6.54 Å². The molecule has 20 heavy (non-hydrogen) atoms. The van der Waals surface area contributed by atoms with E-state index in [0.29, 0.717) is 0 Å². The molecule has 2 rings (SSSR count). The van der Waals surface area contributed by atoms with Gasteiger partial charge in [-0.3, -0.25) is 0 Å². The smallest absolute Gasteiger partial charge is 0.0403 e. The predicted molar refractivity (Wildman–Crippen MR) is 88.7 cm³/mol. The minimum atomic E-state index is 0.869. The SMILES string of the molecule is Cc1cc(C)c(CNc2ccc(N(C)C)cc2)cc1C. The summed E-state index contributed by atoms with van der Waals surface area (Å²) in [5.41, 5.74) is 7.82. The van der Waals surface area contributed by atoms with Gasteiger partial charge in [-0.25, -0.2) is 0 Å². The van der Waals surface area contributed by atoms with Crippen molar-refractivity contribution in [3.8, 4) is 0 Å². The van der Waals surface area contributed by atoms with Crippen LogP contribution in [0.3, 0.4) is 0 Å². The molecule has 0 spiro atoms. The zero-order valence-corrected chi connectivity index (χ0v) is 13.1. The molecule has 0 saturated carbocycles. The highest BCUT2D eigenvalue weighted by Gasteiger charge is 2.02. The highest BCUT2D eigenvalue weighted by Crippen LogP contribution is 2.19. The van der Waals surface area contributed by atoms with E-state index in [1.54, 1.807) is 0 Å². The third kappa shape index (κ3) is 3.32. The molecule has 2 heteroatoms. The second kappa shape index (κ2) is 6.00. The number of aryl methyl sites for hydroxylation is 3. The van der Waals surface area contributed by atoms with E-state index in [1.165, 1.54) is 27.9 Å². The number of benzene rings is 2. The normalized spacial score (nSPS) is 10.4. The first-order valence-electron chi connectivity index (χ1n) is 7.05. The molecular weight excluding hydrogens is 244 g/mol. The number of anilines is 2. The van der Waals surface area contributed by atoms with E-state index >= 15 is 0 Å². The zero-order valence-electron chi connectivity index (χ0n) is 13.1. The van der Waals surface area contributed by atoms with Gasteiger partial charge in [0.25, 0.3) is 0 Å². The van der Waals surface area contributed by atoms with Gasteiger partial charge in [0.15, 0.2) is 0 Å². The number of hydrogen-bond donors (Lipinski definition) is 1. The van der Waals surface area contributed by atoms with Gasteiger partial charge in [-0.05, 0) is 67.3 Å². The lowest BCUT2D eigenvalue weighted by atomic mass is 10.0. The van der Waals surface area contributed by atoms with Crippen molar-refractivity contribution in [3.05, 3.63) is 58.7 Å². The van der Waals surface area contributed by atoms with Crippen LogP contribution in [0.5, 0.6) is 0 Å². The van der Waals surface area contributed by atoms with E-state index in [2.05, 4.69) is 81.5 Å². The molecule has 106 valence electrons. The van der Waals surface area contributed by atoms with Crippen molar-refractivity contribution in [2.45, 2.75) is 27.3 Å². The quantitative estimate of drug-likeness (QED) is 0.890. The molecule has 2 aromatic rings. The van der Waals surface area contributed by atoms with Gasteiger partial charge in [0.2, 0.25) is 0 Å². The second-order valence-electron chi connectivity index (χ2n) is 5.66. The maximum absolute atomic E-state index is 3.50. The van der Waals surface area contributed by atoms with E-state index in [9.17, 15) is 0 Å². The highest BCUT2D eigenvalue weighted by atomic mass is 15.1. The Labute approximate surface area is 122 Å². The van der Waals surface area contributed by atoms with Crippen LogP contribution in [0, 0.1) is 20.8 Å². The Bertz CT molecular complexity index is 583. The molecule has 0 aromatic heterocycles. The minimum absolute atomic E-state index is 0.869. The molecule has 0 bridgehead atoms. The second-order valence-corrected chi connectivity index (χ2v) is 5.66. The lowest BCUT2D eigenvalue weighted by Gasteiger charge is -2.14. The van der Waals surface area contributed by atoms with E-state index < -0.39 is 0 Å². The summed E-state index contributed by atoms with van der Waals surface area (Å²) in [7, 11) is 4.11. The van der Waals surface area contributed by atoms with E-state index in [1.807, 2.05) is 0 Å². The fourth-order valence-corrected chi connectivity index (χ4v) is 2.29. The topological polar surface area (TPSA) is 15.3 Å². The van der Waals surface area contributed by atoms with Gasteiger partial charge in [0.05, 0.1) is 0 Å². The molecule has 0 heterocycles. The fraction of sp³-hybridized carbons (Fsp3) is 0.333. The first kappa shape index (κ1) is 14.4. The Morgan fingerprint density at radius 2 is 1.45 bits per heavy atom. The molecule has 2 aromatic carbocycles. The van der Waals surface area contributed by atoms with Crippen LogP contribution < -0.4 is 10.2 Å². The summed E-state index contributed by atoms with van der Waals surface area (Å²) in [4.78, 5) is 2.11. The molecule has 0 aliphatic carbocycles. The summed E-state index contributed by atoms with van der Waals surface area (Å²) < 4.78 is 0. The molecule has 0 radical (unpaired) electrons. The van der Waals surface area contributed by atoms with Crippen LogP contribution in [0.4, 0.5) is 11.4 Å². The van der Waals surface area contributed by atoms with E-state index in [4.69, 9.17) is 0 Å². The van der Waals surface area contributed by atoms with Crippen LogP contribution >= 0.6 is 0 Å². The Kier molecular flexibility index (Phi) is 4.33. The average Bonchev–Trinajstić information content (AvgIpc) is 2.42. The van der Waals surface area contributed by atoms with Crippen molar-refractivity contribution in [1.82, 2.24) is 0 Å². The Morgan fingerprint density at radius 1 is 0.850 bits per heavy atom. The summed E-state index contributed by atoms with van der Waals surface area (Å²) in [5.74, 6) is 0. The molecule has 0 saturated heterocycles. The van der Waals surface area contributed by atoms with E-state index in [0.717, 1.165) is 12.2 Å². The molecule has 1 N–H and O–H groups in total. The third-order valence-electron chi connectivity index (χ3n) is 3.82. The summed E-state index contributed by atoms with van der Waals surface area (Å²) in [5, 5.41) is 3.50. The van der Waals surface area contributed by atoms with Crippen molar-refractivity contribution >= 4 is 11.4 Å². The molecular formula is C18H24N2. The molecule has 0 amide bonds. The number of hydrogen-bond acceptors (Lipinski definition) is 2. The summed E-state index contributed by atoms with van der Waals surface area (Å²) in [6.07, 6.45) is 0. The van der Waals surface area contributed by atoms with Gasteiger partial charge in [0, 0.05) is 32.0 Å². The predicted octanol–water partition coefficient (Wildman–Crippen LogP) is 4.29. The largest absolute Gasteiger partial charge is 0.381 e. The van der Waals surface area contributed by atoms with Crippen LogP contribution in [0.15, 0.2) is 36.4 Å². The maximum Gasteiger partial charge on any atom is 0.0403 e. The number of nitrogens with one attached hydrogen (secondary N) is 1. The van der Waals surface area contributed by atoms with Gasteiger partial charge in [0.1, 0.15) is 0 Å². The zero-order chi connectivity index (χ0) is 14.7. The molecule has 0 fully saturated rings. The van der Waals surface area contributed by atoms with Gasteiger partial charge in [-0.15, -0.1) is 0 Å². The van der Waals surface area contributed by atoms with Gasteiger partial charge in [-0.2, -0.15) is 0 Å². The van der Waals surface area contributed by atoms with Crippen molar-refractivity contribution < 1.29 is 0 Å². The van der Waals surface area contributed by atoms with Gasteiger partial charge < -0.3 is 10.2 Å². The third-order valence-corrected chi connectivity index (χ3v) is 3.82. The average molecular weight is 268 g/mol. The number of nitrogens with zero attached hydrogens (tertiary/aromatic N) is 1. The number of rotatable bonds is 4. The van der Waals surface area contributed by atoms with Crippen LogP contribution in [0.1, 0.15) is 22.3 Å². The molecule has 0 aliphatic heterocycles. The van der Waals surface area contributed by atoms with Gasteiger partial charge in [-0.1, -0.05) is 12.1 Å². The lowest BCUT2D eigenvalue weighted by molar-refractivity contribution is 1.10. The summed E-state index contributed by atoms with van der Waals surface area (Å²) in [6.45, 7) is 7.39. The Hall–Kier alpha value is -1.96. The standard InChI is InChI=1S/C18H24N2/c1-13-10-15(3)16(11-14(13)2)12-19-17-6-8-18(9-7-17)20(4)5/h6-11,19H,12H2,1-5H3. The van der Waals surface area contributed by atoms with Gasteiger partial charge >= 0.3 is 0 Å². The van der Waals surface area contributed by atoms with E-state index in [-0.39, 0.29) is 0 Å². The maximum atomic E-state index is 3.50. The van der Waals surface area contributed by atoms with Crippen LogP contribution in [-0.4, -0.2) is 14.1 Å². The van der Waals surface area contributed by atoms with Crippen molar-refractivity contribution in [2.75, 3.05) is 24.3 Å². The van der Waals surface area contributed by atoms with Crippen molar-refractivity contribution in [2.24, 2.45) is 0 Å². The van der Waals surface area contributed by atoms with Crippen molar-refractivity contribution in [3.63, 3.8) is 0 Å². The first-order chi connectivity index (χ1) is 9.47. The molecule has 2 nitrogen and oxygen atoms in total. The molecule has 0 atom stereocenters. The Balaban J connectivity index is 2.07. The molecule has 0 aliphatic rings. The monoisotopic (exact) mass is 268 g/mol. The van der Waals surface area contributed by atoms with Crippen LogP contribution in [0.2, 0.25) is 0 Å².